The van der Waals surface area contributed by atoms with Gasteiger partial charge in [0, 0.05) is 35.1 Å². The zero-order valence-corrected chi connectivity index (χ0v) is 21.5. The molecule has 3 aromatic rings. The van der Waals surface area contributed by atoms with Crippen LogP contribution in [0.15, 0.2) is 36.4 Å². The number of halogens is 2. The second-order valence-corrected chi connectivity index (χ2v) is 11.3. The molecule has 36 heavy (non-hydrogen) atoms. The predicted molar refractivity (Wildman–Crippen MR) is 137 cm³/mol. The first kappa shape index (κ1) is 24.6. The van der Waals surface area contributed by atoms with E-state index in [0.717, 1.165) is 10.9 Å². The van der Waals surface area contributed by atoms with Gasteiger partial charge in [-0.05, 0) is 76.1 Å². The lowest BCUT2D eigenvalue weighted by Crippen LogP contribution is -2.53. The molecule has 9 heteroatoms. The third-order valence-electron chi connectivity index (χ3n) is 7.11. The lowest BCUT2D eigenvalue weighted by atomic mass is 9.81. The van der Waals surface area contributed by atoms with Crippen LogP contribution in [-0.4, -0.2) is 56.0 Å². The van der Waals surface area contributed by atoms with E-state index in [1.807, 2.05) is 6.07 Å². The normalized spacial score (nSPS) is 21.9. The number of carbonyl (C=O) groups excluding carboxylic acids is 2. The molecule has 0 bridgehead atoms. The molecule has 2 unspecified atom stereocenters. The van der Waals surface area contributed by atoms with Crippen molar-refractivity contribution in [1.29, 1.82) is 0 Å². The SMILES string of the molecule is CC(C)(C)NCCCN1C(=O)N2C(c3cccc(O)c3)c3[nH]c4cc(F)c(Cl)cc4c3CC2(C)C1=O. The van der Waals surface area contributed by atoms with E-state index in [2.05, 4.69) is 31.1 Å². The number of aromatic amines is 1. The minimum atomic E-state index is -1.15. The number of phenolic OH excluding ortho intramolecular Hbond substituents is 1. The average Bonchev–Trinajstić information content (AvgIpc) is 3.21. The van der Waals surface area contributed by atoms with Crippen LogP contribution in [0.3, 0.4) is 0 Å². The van der Waals surface area contributed by atoms with Crippen molar-refractivity contribution in [1.82, 2.24) is 20.1 Å². The van der Waals surface area contributed by atoms with Crippen LogP contribution in [0.5, 0.6) is 5.75 Å². The van der Waals surface area contributed by atoms with E-state index in [1.54, 1.807) is 36.1 Å². The summed E-state index contributed by atoms with van der Waals surface area (Å²) in [5.74, 6) is -0.762. The van der Waals surface area contributed by atoms with E-state index in [0.29, 0.717) is 36.3 Å². The number of nitrogens with zero attached hydrogens (tertiary/aromatic N) is 2. The monoisotopic (exact) mass is 512 g/mol. The minimum Gasteiger partial charge on any atom is -0.508 e. The third-order valence-corrected chi connectivity index (χ3v) is 7.40. The predicted octanol–water partition coefficient (Wildman–Crippen LogP) is 5.11. The number of aromatic nitrogens is 1. The highest BCUT2D eigenvalue weighted by Crippen LogP contribution is 2.49. The van der Waals surface area contributed by atoms with Crippen LogP contribution in [0.2, 0.25) is 5.02 Å². The molecule has 0 spiro atoms. The number of phenols is 1. The van der Waals surface area contributed by atoms with Gasteiger partial charge in [-0.1, -0.05) is 23.7 Å². The Morgan fingerprint density at radius 3 is 2.69 bits per heavy atom. The van der Waals surface area contributed by atoms with Gasteiger partial charge in [0.25, 0.3) is 5.91 Å². The molecule has 1 aromatic heterocycles. The molecule has 2 aliphatic rings. The summed E-state index contributed by atoms with van der Waals surface area (Å²) < 4.78 is 14.3. The number of hydrogen-bond acceptors (Lipinski definition) is 4. The first-order valence-corrected chi connectivity index (χ1v) is 12.5. The summed E-state index contributed by atoms with van der Waals surface area (Å²) in [7, 11) is 0. The fourth-order valence-electron chi connectivity index (χ4n) is 5.45. The molecule has 5 rings (SSSR count). The fourth-order valence-corrected chi connectivity index (χ4v) is 5.61. The highest BCUT2D eigenvalue weighted by atomic mass is 35.5. The van der Waals surface area contributed by atoms with Crippen molar-refractivity contribution in [3.05, 3.63) is 64.1 Å². The van der Waals surface area contributed by atoms with E-state index < -0.39 is 17.4 Å². The van der Waals surface area contributed by atoms with Crippen molar-refractivity contribution in [2.45, 2.75) is 57.7 Å². The van der Waals surface area contributed by atoms with Crippen LogP contribution in [0.25, 0.3) is 10.9 Å². The second-order valence-electron chi connectivity index (χ2n) is 10.9. The Morgan fingerprint density at radius 1 is 1.25 bits per heavy atom. The highest BCUT2D eigenvalue weighted by molar-refractivity contribution is 6.31. The van der Waals surface area contributed by atoms with Gasteiger partial charge in [-0.25, -0.2) is 9.18 Å². The number of benzene rings is 2. The Morgan fingerprint density at radius 2 is 2.00 bits per heavy atom. The molecule has 2 aromatic carbocycles. The molecule has 0 saturated carbocycles. The zero-order valence-electron chi connectivity index (χ0n) is 20.8. The molecule has 3 heterocycles. The smallest absolute Gasteiger partial charge is 0.328 e. The van der Waals surface area contributed by atoms with Crippen LogP contribution in [0.1, 0.15) is 57.0 Å². The maximum absolute atomic E-state index is 14.3. The van der Waals surface area contributed by atoms with E-state index >= 15 is 0 Å². The quantitative estimate of drug-likeness (QED) is 0.327. The van der Waals surface area contributed by atoms with Crippen LogP contribution >= 0.6 is 11.6 Å². The number of hydrogen-bond donors (Lipinski definition) is 3. The summed E-state index contributed by atoms with van der Waals surface area (Å²) in [6.45, 7) is 8.94. The van der Waals surface area contributed by atoms with Crippen molar-refractivity contribution in [3.63, 3.8) is 0 Å². The summed E-state index contributed by atoms with van der Waals surface area (Å²) in [5.41, 5.74) is 1.49. The Labute approximate surface area is 214 Å². The van der Waals surface area contributed by atoms with Gasteiger partial charge < -0.3 is 15.4 Å². The minimum absolute atomic E-state index is 0.00686. The largest absolute Gasteiger partial charge is 0.508 e. The van der Waals surface area contributed by atoms with Crippen molar-refractivity contribution < 1.29 is 19.1 Å². The first-order valence-electron chi connectivity index (χ1n) is 12.1. The van der Waals surface area contributed by atoms with Crippen LogP contribution in [-0.2, 0) is 11.2 Å². The fraction of sp³-hybridized carbons (Fsp3) is 0.407. The molecule has 3 amide bonds. The molecule has 1 saturated heterocycles. The lowest BCUT2D eigenvalue weighted by Gasteiger charge is -2.42. The number of nitrogens with one attached hydrogen (secondary N) is 2. The van der Waals surface area contributed by atoms with Gasteiger partial charge in [0.05, 0.1) is 5.02 Å². The number of imide groups is 1. The van der Waals surface area contributed by atoms with Crippen LogP contribution in [0.4, 0.5) is 9.18 Å². The molecule has 190 valence electrons. The molecule has 0 aliphatic carbocycles. The average molecular weight is 513 g/mol. The molecule has 0 radical (unpaired) electrons. The van der Waals surface area contributed by atoms with Crippen molar-refractivity contribution >= 4 is 34.4 Å². The molecule has 7 nitrogen and oxygen atoms in total. The van der Waals surface area contributed by atoms with Gasteiger partial charge >= 0.3 is 6.03 Å². The molecule has 1 fully saturated rings. The summed E-state index contributed by atoms with van der Waals surface area (Å²) in [6, 6.07) is 8.51. The summed E-state index contributed by atoms with van der Waals surface area (Å²) in [4.78, 5) is 33.8. The Balaban J connectivity index is 1.60. The van der Waals surface area contributed by atoms with Gasteiger partial charge in [-0.2, -0.15) is 0 Å². The first-order chi connectivity index (χ1) is 16.9. The molecule has 2 atom stereocenters. The Bertz CT molecular complexity index is 1380. The van der Waals surface area contributed by atoms with E-state index in [4.69, 9.17) is 11.6 Å². The molecule has 3 N–H and O–H groups in total. The lowest BCUT2D eigenvalue weighted by molar-refractivity contribution is -0.133. The maximum atomic E-state index is 14.3. The number of amides is 3. The summed E-state index contributed by atoms with van der Waals surface area (Å²) >= 11 is 6.12. The van der Waals surface area contributed by atoms with Crippen molar-refractivity contribution in [2.75, 3.05) is 13.1 Å². The van der Waals surface area contributed by atoms with Crippen molar-refractivity contribution in [3.8, 4) is 5.75 Å². The number of rotatable bonds is 5. The van der Waals surface area contributed by atoms with Crippen molar-refractivity contribution in [2.24, 2.45) is 0 Å². The van der Waals surface area contributed by atoms with Crippen LogP contribution < -0.4 is 5.32 Å². The maximum Gasteiger partial charge on any atom is 0.328 e. The number of carbonyl (C=O) groups is 2. The molecule has 2 aliphatic heterocycles. The molecular formula is C27H30ClFN4O3. The van der Waals surface area contributed by atoms with Crippen LogP contribution in [0, 0.1) is 5.82 Å². The Kier molecular flexibility index (Phi) is 5.80. The van der Waals surface area contributed by atoms with E-state index in [1.165, 1.54) is 11.0 Å². The van der Waals surface area contributed by atoms with Gasteiger partial charge in [0.15, 0.2) is 0 Å². The summed E-state index contributed by atoms with van der Waals surface area (Å²) in [6.07, 6.45) is 0.888. The van der Waals surface area contributed by atoms with Gasteiger partial charge in [-0.3, -0.25) is 14.6 Å². The number of urea groups is 1. The second kappa shape index (κ2) is 8.49. The zero-order chi connectivity index (χ0) is 26.0. The Hall–Kier alpha value is -3.10. The molecular weight excluding hydrogens is 483 g/mol. The van der Waals surface area contributed by atoms with Gasteiger partial charge in [0.2, 0.25) is 0 Å². The van der Waals surface area contributed by atoms with E-state index in [-0.39, 0.29) is 34.7 Å². The third kappa shape index (κ3) is 3.92. The topological polar surface area (TPSA) is 88.7 Å². The number of H-pyrrole nitrogens is 1. The standard InChI is InChI=1S/C27H30ClFN4O3/c1-26(2,3)30-9-6-10-32-24(35)27(4)14-18-17-12-19(28)20(29)13-21(17)31-22(18)23(33(27)25(32)36)15-7-5-8-16(34)11-15/h5,7-8,11-13,23,30-31,34H,6,9-10,14H2,1-4H3. The summed E-state index contributed by atoms with van der Waals surface area (Å²) in [5, 5.41) is 14.3. The number of aromatic hydroxyl groups is 1. The number of fused-ring (bicyclic) bond motifs is 4. The van der Waals surface area contributed by atoms with Gasteiger partial charge in [-0.15, -0.1) is 0 Å². The van der Waals surface area contributed by atoms with E-state index in [9.17, 15) is 19.1 Å². The highest BCUT2D eigenvalue weighted by Gasteiger charge is 2.60. The van der Waals surface area contributed by atoms with Gasteiger partial charge in [0.1, 0.15) is 23.1 Å².